The van der Waals surface area contributed by atoms with Gasteiger partial charge in [0.05, 0.1) is 17.0 Å². The van der Waals surface area contributed by atoms with Gasteiger partial charge in [-0.1, -0.05) is 0 Å². The van der Waals surface area contributed by atoms with Gasteiger partial charge in [-0.25, -0.2) is 9.37 Å². The fourth-order valence-electron chi connectivity index (χ4n) is 6.73. The van der Waals surface area contributed by atoms with Crippen LogP contribution in [0.5, 0.6) is 0 Å². The number of carbonyl (C=O) groups is 1. The molecule has 5 heterocycles. The summed E-state index contributed by atoms with van der Waals surface area (Å²) in [5, 5.41) is 11.8. The maximum absolute atomic E-state index is 15.1. The molecule has 42 heavy (non-hydrogen) atoms. The number of nitrogens with one attached hydrogen (secondary N) is 1. The third-order valence-electron chi connectivity index (χ3n) is 9.10. The molecule has 4 aromatic rings. The van der Waals surface area contributed by atoms with Crippen molar-refractivity contribution in [2.45, 2.75) is 56.3 Å². The molecule has 2 atom stereocenters. The first-order chi connectivity index (χ1) is 20.3. The predicted octanol–water partition coefficient (Wildman–Crippen LogP) is 5.78. The Morgan fingerprint density at radius 3 is 2.60 bits per heavy atom. The molecule has 0 radical (unpaired) electrons. The van der Waals surface area contributed by atoms with Crippen LogP contribution in [0.2, 0.25) is 0 Å². The Hall–Kier alpha value is -3.76. The van der Waals surface area contributed by atoms with Crippen LogP contribution < -0.4 is 10.9 Å². The second kappa shape index (κ2) is 10.8. The number of hydrogen-bond acceptors (Lipinski definition) is 8. The van der Waals surface area contributed by atoms with Crippen molar-refractivity contribution in [3.8, 4) is 11.3 Å². The molecule has 1 aliphatic heterocycles. The maximum Gasteiger partial charge on any atom is 0.274 e. The van der Waals surface area contributed by atoms with Crippen LogP contribution in [0.1, 0.15) is 81.4 Å². The van der Waals surface area contributed by atoms with Gasteiger partial charge in [-0.3, -0.25) is 9.59 Å². The Balaban J connectivity index is 1.10. The molecule has 0 spiro atoms. The van der Waals surface area contributed by atoms with E-state index in [2.05, 4.69) is 38.5 Å². The van der Waals surface area contributed by atoms with Gasteiger partial charge in [0, 0.05) is 35.3 Å². The number of aryl methyl sites for hydroxylation is 1. The van der Waals surface area contributed by atoms with E-state index in [0.717, 1.165) is 36.5 Å². The molecule has 2 fully saturated rings. The molecule has 10 heteroatoms. The van der Waals surface area contributed by atoms with E-state index in [1.807, 2.05) is 12.1 Å². The Morgan fingerprint density at radius 2 is 1.83 bits per heavy atom. The number of likely N-dealkylation sites (tertiary alicyclic amines) is 1. The van der Waals surface area contributed by atoms with Crippen LogP contribution in [0.4, 0.5) is 15.9 Å². The number of anilines is 2. The zero-order chi connectivity index (χ0) is 29.0. The van der Waals surface area contributed by atoms with Crippen LogP contribution in [-0.4, -0.2) is 50.6 Å². The van der Waals surface area contributed by atoms with E-state index in [1.165, 1.54) is 40.3 Å². The average molecular weight is 585 g/mol. The minimum Gasteiger partial charge on any atom is -0.334 e. The lowest BCUT2D eigenvalue weighted by molar-refractivity contribution is 0.0995. The van der Waals surface area contributed by atoms with Gasteiger partial charge in [0.15, 0.2) is 11.6 Å². The fourth-order valence-corrected chi connectivity index (χ4v) is 8.07. The Kier molecular flexibility index (Phi) is 6.98. The van der Waals surface area contributed by atoms with Crippen LogP contribution >= 0.6 is 11.3 Å². The second-order valence-electron chi connectivity index (χ2n) is 12.0. The summed E-state index contributed by atoms with van der Waals surface area (Å²) < 4.78 is 16.5. The third-order valence-corrected chi connectivity index (χ3v) is 10.5. The molecule has 0 aromatic carbocycles. The average Bonchev–Trinajstić information content (AvgIpc) is 3.72. The molecular weight excluding hydrogens is 551 g/mol. The number of pyridine rings is 2. The van der Waals surface area contributed by atoms with Gasteiger partial charge >= 0.3 is 0 Å². The number of halogens is 1. The van der Waals surface area contributed by atoms with Crippen molar-refractivity contribution >= 4 is 28.6 Å². The zero-order valence-corrected chi connectivity index (χ0v) is 24.6. The summed E-state index contributed by atoms with van der Waals surface area (Å²) in [6, 6.07) is 10.3. The van der Waals surface area contributed by atoms with E-state index in [1.54, 1.807) is 36.7 Å². The van der Waals surface area contributed by atoms with Crippen molar-refractivity contribution in [1.29, 1.82) is 0 Å². The number of piperidine rings is 1. The number of nitrogens with zero attached hydrogens (tertiary/aromatic N) is 5. The summed E-state index contributed by atoms with van der Waals surface area (Å²) in [4.78, 5) is 35.1. The molecule has 8 nitrogen and oxygen atoms in total. The molecule has 1 N–H and O–H groups in total. The minimum atomic E-state index is -0.523. The molecule has 1 saturated carbocycles. The standard InChI is InChI=1S/C32H33FN6O2S/c1-38-11-9-18(10-12-38)25-7-8-29(37-36-25)35-26-14-21(17-39(2)32(26)41)30-24(33)6-5-22(34-30)15-27(40)28-16-23-19-3-4-20(13-19)31(23)42-28/h5-8,14,16-20H,3-4,9-13,15H2,1-2H3,(H,35,37). The summed E-state index contributed by atoms with van der Waals surface area (Å²) >= 11 is 1.62. The third kappa shape index (κ3) is 5.07. The Bertz CT molecular complexity index is 1700. The molecule has 1 saturated heterocycles. The number of carbonyl (C=O) groups excluding carboxylic acids is 1. The molecule has 2 unspecified atom stereocenters. The molecule has 3 aliphatic rings. The monoisotopic (exact) mass is 584 g/mol. The van der Waals surface area contributed by atoms with Crippen molar-refractivity contribution in [2.75, 3.05) is 25.5 Å². The van der Waals surface area contributed by atoms with E-state index >= 15 is 4.39 Å². The van der Waals surface area contributed by atoms with Crippen LogP contribution in [0.25, 0.3) is 11.3 Å². The first-order valence-electron chi connectivity index (χ1n) is 14.6. The van der Waals surface area contributed by atoms with Gasteiger partial charge < -0.3 is 14.8 Å². The van der Waals surface area contributed by atoms with Gasteiger partial charge in [0.25, 0.3) is 5.56 Å². The molecule has 2 aliphatic carbocycles. The maximum atomic E-state index is 15.1. The van der Waals surface area contributed by atoms with E-state index in [9.17, 15) is 9.59 Å². The molecule has 4 aromatic heterocycles. The molecule has 216 valence electrons. The quantitative estimate of drug-likeness (QED) is 0.275. The Morgan fingerprint density at radius 1 is 1.02 bits per heavy atom. The Labute approximate surface area is 247 Å². The van der Waals surface area contributed by atoms with E-state index in [-0.39, 0.29) is 29.1 Å². The van der Waals surface area contributed by atoms with Crippen LogP contribution in [0.3, 0.4) is 0 Å². The number of Topliss-reactive ketones (excluding diaryl/α,β-unsaturated/α-hetero) is 1. The first-order valence-corrected chi connectivity index (χ1v) is 15.5. The number of aromatic nitrogens is 4. The highest BCUT2D eigenvalue weighted by molar-refractivity contribution is 7.14. The number of hydrogen-bond donors (Lipinski definition) is 1. The lowest BCUT2D eigenvalue weighted by atomic mass is 9.94. The summed E-state index contributed by atoms with van der Waals surface area (Å²) in [6.45, 7) is 2.07. The highest BCUT2D eigenvalue weighted by atomic mass is 32.1. The largest absolute Gasteiger partial charge is 0.334 e. The van der Waals surface area contributed by atoms with Crippen molar-refractivity contribution < 1.29 is 9.18 Å². The summed E-state index contributed by atoms with van der Waals surface area (Å²) in [5.41, 5.74) is 3.27. The van der Waals surface area contributed by atoms with Crippen LogP contribution in [-0.2, 0) is 13.5 Å². The smallest absolute Gasteiger partial charge is 0.274 e. The number of rotatable bonds is 7. The van der Waals surface area contributed by atoms with Crippen LogP contribution in [0.15, 0.2) is 47.4 Å². The highest BCUT2D eigenvalue weighted by Gasteiger charge is 2.39. The number of fused-ring (bicyclic) bond motifs is 5. The van der Waals surface area contributed by atoms with E-state index in [4.69, 9.17) is 0 Å². The molecular formula is C32H33FN6O2S. The SMILES string of the molecule is CN1CCC(c2ccc(Nc3cc(-c4nc(CC(=O)c5cc6c(s5)C5CCC6C5)ccc4F)cn(C)c3=O)nn2)CC1. The van der Waals surface area contributed by atoms with Crippen molar-refractivity contribution in [2.24, 2.45) is 7.05 Å². The van der Waals surface area contributed by atoms with Crippen molar-refractivity contribution in [3.63, 3.8) is 0 Å². The molecule has 7 rings (SSSR count). The van der Waals surface area contributed by atoms with E-state index in [0.29, 0.717) is 34.8 Å². The van der Waals surface area contributed by atoms with E-state index < -0.39 is 5.82 Å². The van der Waals surface area contributed by atoms with Crippen LogP contribution in [0, 0.1) is 5.82 Å². The highest BCUT2D eigenvalue weighted by Crippen LogP contribution is 2.56. The zero-order valence-electron chi connectivity index (χ0n) is 23.8. The minimum absolute atomic E-state index is 0.00365. The van der Waals surface area contributed by atoms with Gasteiger partial charge in [-0.15, -0.1) is 16.4 Å². The lowest BCUT2D eigenvalue weighted by Crippen LogP contribution is -2.29. The molecule has 0 amide bonds. The topological polar surface area (TPSA) is 93.0 Å². The van der Waals surface area contributed by atoms with Crippen molar-refractivity contribution in [3.05, 3.63) is 85.5 Å². The lowest BCUT2D eigenvalue weighted by Gasteiger charge is -2.28. The first kappa shape index (κ1) is 27.1. The summed E-state index contributed by atoms with van der Waals surface area (Å²) in [7, 11) is 3.74. The van der Waals surface area contributed by atoms with Crippen molar-refractivity contribution in [1.82, 2.24) is 24.6 Å². The molecule has 2 bridgehead atoms. The fraction of sp³-hybridized carbons (Fsp3) is 0.406. The number of ketones is 1. The van der Waals surface area contributed by atoms with Gasteiger partial charge in [-0.2, -0.15) is 5.10 Å². The van der Waals surface area contributed by atoms with Gasteiger partial charge in [-0.05, 0) is 106 Å². The normalized spacial score (nSPS) is 20.2. The summed E-state index contributed by atoms with van der Waals surface area (Å²) in [5.74, 6) is 1.51. The number of thiophene rings is 1. The predicted molar refractivity (Wildman–Crippen MR) is 161 cm³/mol. The van der Waals surface area contributed by atoms with Gasteiger partial charge in [0.2, 0.25) is 0 Å². The van der Waals surface area contributed by atoms with Gasteiger partial charge in [0.1, 0.15) is 17.2 Å². The second-order valence-corrected chi connectivity index (χ2v) is 13.1. The summed E-state index contributed by atoms with van der Waals surface area (Å²) in [6.07, 6.45) is 7.40.